The number of aromatic carboxylic acids is 1. The first-order valence-corrected chi connectivity index (χ1v) is 7.86. The number of rotatable bonds is 9. The van der Waals surface area contributed by atoms with Gasteiger partial charge in [0.25, 0.3) is 0 Å². The van der Waals surface area contributed by atoms with Crippen LogP contribution in [0.15, 0.2) is 48.5 Å². The lowest BCUT2D eigenvalue weighted by molar-refractivity contribution is -0.117. The molecule has 2 aromatic rings. The molecule has 0 saturated heterocycles. The summed E-state index contributed by atoms with van der Waals surface area (Å²) < 4.78 is 10.5. The minimum absolute atomic E-state index is 0.102. The van der Waals surface area contributed by atoms with Crippen LogP contribution in [0.5, 0.6) is 0 Å². The molecule has 0 aliphatic heterocycles. The van der Waals surface area contributed by atoms with Crippen molar-refractivity contribution < 1.29 is 24.2 Å². The number of methoxy groups -OCH3 is 1. The van der Waals surface area contributed by atoms with Crippen molar-refractivity contribution >= 4 is 17.6 Å². The number of benzene rings is 2. The second kappa shape index (κ2) is 9.56. The Kier molecular flexibility index (Phi) is 7.13. The van der Waals surface area contributed by atoms with Crippen molar-refractivity contribution in [3.05, 3.63) is 65.2 Å². The quantitative estimate of drug-likeness (QED) is 0.684. The summed E-state index contributed by atoms with van der Waals surface area (Å²) in [6.07, 6.45) is 0.184. The smallest absolute Gasteiger partial charge is 0.335 e. The zero-order valence-electron chi connectivity index (χ0n) is 14.0. The number of hydrogen-bond acceptors (Lipinski definition) is 4. The van der Waals surface area contributed by atoms with Gasteiger partial charge in [0.1, 0.15) is 0 Å². The van der Waals surface area contributed by atoms with Gasteiger partial charge < -0.3 is 19.9 Å². The molecule has 0 fully saturated rings. The molecule has 2 rings (SSSR count). The second-order valence-corrected chi connectivity index (χ2v) is 5.49. The van der Waals surface area contributed by atoms with Crippen molar-refractivity contribution in [2.75, 3.05) is 19.0 Å². The lowest BCUT2D eigenvalue weighted by atomic mass is 10.1. The summed E-state index contributed by atoms with van der Waals surface area (Å²) >= 11 is 0. The van der Waals surface area contributed by atoms with Gasteiger partial charge in [-0.25, -0.2) is 4.79 Å². The summed E-state index contributed by atoms with van der Waals surface area (Å²) in [5, 5.41) is 11.8. The Morgan fingerprint density at radius 3 is 2.48 bits per heavy atom. The fourth-order valence-corrected chi connectivity index (χ4v) is 2.29. The molecule has 0 atom stereocenters. The highest BCUT2D eigenvalue weighted by Crippen LogP contribution is 2.16. The van der Waals surface area contributed by atoms with Crippen LogP contribution in [0.3, 0.4) is 0 Å². The van der Waals surface area contributed by atoms with Crippen molar-refractivity contribution in [3.8, 4) is 0 Å². The highest BCUT2D eigenvalue weighted by atomic mass is 16.5. The fourth-order valence-electron chi connectivity index (χ4n) is 2.29. The number of carboxylic acid groups (broad SMARTS) is 1. The number of carbonyl (C=O) groups excluding carboxylic acids is 1. The zero-order valence-corrected chi connectivity index (χ0v) is 14.0. The minimum atomic E-state index is -1.06. The van der Waals surface area contributed by atoms with Gasteiger partial charge in [0, 0.05) is 12.8 Å². The summed E-state index contributed by atoms with van der Waals surface area (Å²) in [5.74, 6) is -1.29. The largest absolute Gasteiger partial charge is 0.478 e. The van der Waals surface area contributed by atoms with Crippen LogP contribution >= 0.6 is 0 Å². The van der Waals surface area contributed by atoms with Gasteiger partial charge in [0.05, 0.1) is 31.8 Å². The topological polar surface area (TPSA) is 84.9 Å². The number of amides is 1. The normalized spacial score (nSPS) is 10.4. The molecule has 1 amide bonds. The maximum absolute atomic E-state index is 12.0. The molecule has 0 bridgehead atoms. The van der Waals surface area contributed by atoms with E-state index in [1.807, 2.05) is 30.3 Å². The number of carbonyl (C=O) groups is 2. The van der Waals surface area contributed by atoms with Crippen molar-refractivity contribution in [1.29, 1.82) is 0 Å². The number of carboxylic acids is 1. The van der Waals surface area contributed by atoms with Crippen LogP contribution in [0.4, 0.5) is 5.69 Å². The Balaban J connectivity index is 1.85. The van der Waals surface area contributed by atoms with Crippen molar-refractivity contribution in [3.63, 3.8) is 0 Å². The van der Waals surface area contributed by atoms with E-state index in [2.05, 4.69) is 5.32 Å². The molecule has 0 heterocycles. The SMILES string of the molecule is COCc1cc(NC(=O)CCOCc2ccccc2)cc(C(=O)O)c1. The lowest BCUT2D eigenvalue weighted by Crippen LogP contribution is -2.15. The summed E-state index contributed by atoms with van der Waals surface area (Å²) in [6.45, 7) is 0.995. The molecule has 0 spiro atoms. The van der Waals surface area contributed by atoms with E-state index in [-0.39, 0.29) is 31.1 Å². The maximum atomic E-state index is 12.0. The first kappa shape index (κ1) is 18.6. The third-order valence-electron chi connectivity index (χ3n) is 3.42. The molecule has 132 valence electrons. The van der Waals surface area contributed by atoms with Gasteiger partial charge in [0.2, 0.25) is 5.91 Å². The third kappa shape index (κ3) is 6.37. The van der Waals surface area contributed by atoms with E-state index >= 15 is 0 Å². The van der Waals surface area contributed by atoms with Gasteiger partial charge in [0.15, 0.2) is 0 Å². The molecule has 0 aromatic heterocycles. The Morgan fingerprint density at radius 2 is 1.80 bits per heavy atom. The lowest BCUT2D eigenvalue weighted by Gasteiger charge is -2.09. The Bertz CT molecular complexity index is 715. The van der Waals surface area contributed by atoms with E-state index in [0.29, 0.717) is 17.9 Å². The van der Waals surface area contributed by atoms with E-state index < -0.39 is 5.97 Å². The van der Waals surface area contributed by atoms with Gasteiger partial charge in [-0.05, 0) is 29.3 Å². The first-order valence-electron chi connectivity index (χ1n) is 7.86. The van der Waals surface area contributed by atoms with Crippen LogP contribution in [0.25, 0.3) is 0 Å². The standard InChI is InChI=1S/C19H21NO5/c1-24-12-15-9-16(19(22)23)11-17(10-15)20-18(21)7-8-25-13-14-5-3-2-4-6-14/h2-6,9-11H,7-8,12-13H2,1H3,(H,20,21)(H,22,23). The molecule has 6 heteroatoms. The summed E-state index contributed by atoms with van der Waals surface area (Å²) in [6, 6.07) is 14.3. The van der Waals surface area contributed by atoms with Crippen LogP contribution in [-0.2, 0) is 27.5 Å². The highest BCUT2D eigenvalue weighted by molar-refractivity contribution is 5.94. The van der Waals surface area contributed by atoms with E-state index in [9.17, 15) is 9.59 Å². The Morgan fingerprint density at radius 1 is 1.04 bits per heavy atom. The fraction of sp³-hybridized carbons (Fsp3) is 0.263. The molecule has 2 N–H and O–H groups in total. The average molecular weight is 343 g/mol. The van der Waals surface area contributed by atoms with E-state index in [0.717, 1.165) is 5.56 Å². The Hall–Kier alpha value is -2.70. The van der Waals surface area contributed by atoms with E-state index in [1.54, 1.807) is 6.07 Å². The number of anilines is 1. The maximum Gasteiger partial charge on any atom is 0.335 e. The number of hydrogen-bond donors (Lipinski definition) is 2. The van der Waals surface area contributed by atoms with Crippen LogP contribution in [0, 0.1) is 0 Å². The van der Waals surface area contributed by atoms with Crippen LogP contribution in [0.2, 0.25) is 0 Å². The van der Waals surface area contributed by atoms with Crippen LogP contribution in [0.1, 0.15) is 27.9 Å². The number of nitrogens with one attached hydrogen (secondary N) is 1. The van der Waals surface area contributed by atoms with Gasteiger partial charge >= 0.3 is 5.97 Å². The third-order valence-corrected chi connectivity index (χ3v) is 3.42. The van der Waals surface area contributed by atoms with Gasteiger partial charge in [-0.15, -0.1) is 0 Å². The first-order chi connectivity index (χ1) is 12.1. The zero-order chi connectivity index (χ0) is 18.1. The molecule has 0 aliphatic rings. The summed E-state index contributed by atoms with van der Waals surface area (Å²) in [7, 11) is 1.52. The monoisotopic (exact) mass is 343 g/mol. The van der Waals surface area contributed by atoms with Crippen LogP contribution in [-0.4, -0.2) is 30.7 Å². The molecule has 6 nitrogen and oxygen atoms in total. The number of ether oxygens (including phenoxy) is 2. The highest BCUT2D eigenvalue weighted by Gasteiger charge is 2.09. The molecular weight excluding hydrogens is 322 g/mol. The molecular formula is C19H21NO5. The Labute approximate surface area is 146 Å². The average Bonchev–Trinajstić information content (AvgIpc) is 2.60. The van der Waals surface area contributed by atoms with Crippen molar-refractivity contribution in [2.45, 2.75) is 19.6 Å². The summed E-state index contributed by atoms with van der Waals surface area (Å²) in [5.41, 5.74) is 2.25. The molecule has 0 radical (unpaired) electrons. The molecule has 2 aromatic carbocycles. The minimum Gasteiger partial charge on any atom is -0.478 e. The second-order valence-electron chi connectivity index (χ2n) is 5.49. The van der Waals surface area contributed by atoms with Gasteiger partial charge in [-0.3, -0.25) is 4.79 Å². The predicted octanol–water partition coefficient (Wildman–Crippen LogP) is 3.08. The van der Waals surface area contributed by atoms with E-state index in [4.69, 9.17) is 14.6 Å². The predicted molar refractivity (Wildman–Crippen MR) is 93.5 cm³/mol. The van der Waals surface area contributed by atoms with Gasteiger partial charge in [-0.1, -0.05) is 30.3 Å². The van der Waals surface area contributed by atoms with Gasteiger partial charge in [-0.2, -0.15) is 0 Å². The molecule has 0 aliphatic carbocycles. The molecule has 0 unspecified atom stereocenters. The van der Waals surface area contributed by atoms with Crippen molar-refractivity contribution in [1.82, 2.24) is 0 Å². The van der Waals surface area contributed by atoms with Crippen molar-refractivity contribution in [2.24, 2.45) is 0 Å². The summed E-state index contributed by atoms with van der Waals surface area (Å²) in [4.78, 5) is 23.2. The molecule has 0 saturated carbocycles. The van der Waals surface area contributed by atoms with Crippen LogP contribution < -0.4 is 5.32 Å². The van der Waals surface area contributed by atoms with E-state index in [1.165, 1.54) is 19.2 Å². The molecule has 25 heavy (non-hydrogen) atoms.